The molecule has 0 heterocycles. The minimum absolute atomic E-state index is 0. The van der Waals surface area contributed by atoms with Gasteiger partial charge in [-0.25, -0.2) is 0 Å². The van der Waals surface area contributed by atoms with E-state index >= 15 is 0 Å². The molecule has 16 heavy (non-hydrogen) atoms. The van der Waals surface area contributed by atoms with Gasteiger partial charge >= 0.3 is 100 Å². The van der Waals surface area contributed by atoms with Gasteiger partial charge in [-0.15, -0.1) is 34.0 Å². The van der Waals surface area contributed by atoms with Crippen LogP contribution in [0.1, 0.15) is 14.8 Å². The van der Waals surface area contributed by atoms with Gasteiger partial charge in [0.2, 0.25) is 0 Å². The molecule has 0 spiro atoms. The van der Waals surface area contributed by atoms with E-state index in [4.69, 9.17) is 0 Å². The fourth-order valence-electron chi connectivity index (χ4n) is 1.48. The van der Waals surface area contributed by atoms with Gasteiger partial charge < -0.3 is 0 Å². The summed E-state index contributed by atoms with van der Waals surface area (Å²) in [5.41, 5.74) is 2.83. The molecule has 2 aromatic rings. The molecule has 2 aromatic carbocycles. The molecule has 0 amide bonds. The van der Waals surface area contributed by atoms with Gasteiger partial charge in [-0.05, 0) is 0 Å². The maximum absolute atomic E-state index is 2.20. The average Bonchev–Trinajstić information content (AvgIpc) is 2.30. The van der Waals surface area contributed by atoms with Crippen molar-refractivity contribution in [2.75, 3.05) is 0 Å². The van der Waals surface area contributed by atoms with E-state index in [9.17, 15) is 0 Å². The van der Waals surface area contributed by atoms with Crippen LogP contribution in [0.5, 0.6) is 0 Å². The Morgan fingerprint density at radius 2 is 0.938 bits per heavy atom. The van der Waals surface area contributed by atoms with Gasteiger partial charge in [0.25, 0.3) is 0 Å². The summed E-state index contributed by atoms with van der Waals surface area (Å²) in [4.78, 5) is 0. The number of benzene rings is 2. The Morgan fingerprint density at radius 1 is 0.625 bits per heavy atom. The summed E-state index contributed by atoms with van der Waals surface area (Å²) in [6.45, 7) is 0. The first-order valence-corrected chi connectivity index (χ1v) is 6.11. The Bertz CT molecular complexity index is 350. The molecule has 0 fully saturated rings. The molecule has 0 saturated carbocycles. The minimum atomic E-state index is 0. The molecule has 0 aliphatic rings. The van der Waals surface area contributed by atoms with Crippen molar-refractivity contribution in [3.63, 3.8) is 0 Å². The number of halogens is 2. The van der Waals surface area contributed by atoms with Crippen molar-refractivity contribution < 1.29 is 24.7 Å². The molecule has 0 aromatic heterocycles. The van der Waals surface area contributed by atoms with E-state index in [2.05, 4.69) is 60.7 Å². The zero-order chi connectivity index (χ0) is 9.80. The van der Waals surface area contributed by atoms with Gasteiger partial charge in [0.05, 0.1) is 0 Å². The monoisotopic (exact) mass is 417 g/mol. The third-order valence-corrected chi connectivity index (χ3v) is 3.90. The predicted octanol–water partition coefficient (Wildman–Crippen LogP) is 4.48. The molecule has 0 bridgehead atoms. The van der Waals surface area contributed by atoms with Gasteiger partial charge in [0, 0.05) is 0 Å². The van der Waals surface area contributed by atoms with E-state index < -0.39 is 0 Å². The van der Waals surface area contributed by atoms with Crippen LogP contribution in [0.3, 0.4) is 0 Å². The summed E-state index contributed by atoms with van der Waals surface area (Å²) < 4.78 is 0.574. The van der Waals surface area contributed by atoms with Crippen molar-refractivity contribution >= 4 is 34.0 Å². The van der Waals surface area contributed by atoms with Gasteiger partial charge in [-0.3, -0.25) is 0 Å². The van der Waals surface area contributed by atoms with Crippen LogP contribution in [0.15, 0.2) is 60.7 Å². The summed E-state index contributed by atoms with van der Waals surface area (Å²) in [5.74, 6) is 0. The van der Waals surface area contributed by atoms with Gasteiger partial charge in [-0.2, -0.15) is 0 Å². The first kappa shape index (κ1) is 16.3. The molecule has 83 valence electrons. The van der Waals surface area contributed by atoms with Crippen molar-refractivity contribution in [2.24, 2.45) is 0 Å². The third kappa shape index (κ3) is 4.27. The third-order valence-electron chi connectivity index (χ3n) is 2.27. The summed E-state index contributed by atoms with van der Waals surface area (Å²) >= 11 is 1.54. The topological polar surface area (TPSA) is 0 Å². The van der Waals surface area contributed by atoms with Crippen LogP contribution in [0.4, 0.5) is 0 Å². The van der Waals surface area contributed by atoms with Crippen molar-refractivity contribution in [3.8, 4) is 0 Å². The van der Waals surface area contributed by atoms with Crippen LogP contribution in [-0.2, 0) is 24.7 Å². The second kappa shape index (κ2) is 8.39. The van der Waals surface area contributed by atoms with E-state index in [0.717, 1.165) is 0 Å². The predicted molar refractivity (Wildman–Crippen MR) is 75.4 cm³/mol. The van der Waals surface area contributed by atoms with Gasteiger partial charge in [0.15, 0.2) is 0 Å². The van der Waals surface area contributed by atoms with E-state index in [1.807, 2.05) is 0 Å². The van der Waals surface area contributed by atoms with Crippen molar-refractivity contribution in [2.45, 2.75) is 3.63 Å². The first-order chi connectivity index (χ1) is 6.88. The quantitative estimate of drug-likeness (QED) is 0.673. The molecule has 0 nitrogen and oxygen atoms in total. The number of hydrogen-bond donors (Lipinski definition) is 0. The fourth-order valence-corrected chi connectivity index (χ4v) is 2.43. The standard InChI is InChI=1S/C13H11.2BrH.Zr/c1-3-7-12(8-4-1)11-13-9-5-2-6-10-13;;;/h1-11H;2*1H;. The second-order valence-corrected chi connectivity index (χ2v) is 4.67. The first-order valence-electron chi connectivity index (χ1n) is 4.69. The zero-order valence-electron chi connectivity index (χ0n) is 8.67. The second-order valence-electron chi connectivity index (χ2n) is 3.25. The van der Waals surface area contributed by atoms with Crippen molar-refractivity contribution in [1.82, 2.24) is 0 Å². The van der Waals surface area contributed by atoms with E-state index in [0.29, 0.717) is 3.63 Å². The normalized spacial score (nSPS) is 9.00. The van der Waals surface area contributed by atoms with Crippen molar-refractivity contribution in [1.29, 1.82) is 0 Å². The molecule has 3 heteroatoms. The number of hydrogen-bond acceptors (Lipinski definition) is 0. The molecule has 0 unspecified atom stereocenters. The molecule has 0 atom stereocenters. The molecule has 0 N–H and O–H groups in total. The Labute approximate surface area is 133 Å². The summed E-state index contributed by atoms with van der Waals surface area (Å²) in [6.07, 6.45) is 0. The van der Waals surface area contributed by atoms with Gasteiger partial charge in [-0.1, -0.05) is 0 Å². The fraction of sp³-hybridized carbons (Fsp3) is 0.0769. The molecular formula is C13H13Br2Zr. The van der Waals surface area contributed by atoms with Crippen LogP contribution in [0.25, 0.3) is 0 Å². The summed E-state index contributed by atoms with van der Waals surface area (Å²) in [5, 5.41) is 0. The molecular weight excluding hydrogens is 407 g/mol. The molecule has 0 saturated heterocycles. The van der Waals surface area contributed by atoms with Crippen LogP contribution >= 0.6 is 34.0 Å². The Morgan fingerprint density at radius 3 is 1.25 bits per heavy atom. The maximum atomic E-state index is 2.20. The number of rotatable bonds is 2. The summed E-state index contributed by atoms with van der Waals surface area (Å²) in [7, 11) is 0. The molecule has 2 rings (SSSR count). The van der Waals surface area contributed by atoms with Crippen LogP contribution in [0, 0.1) is 0 Å². The Kier molecular flexibility index (Phi) is 8.53. The van der Waals surface area contributed by atoms with Crippen LogP contribution < -0.4 is 0 Å². The Balaban J connectivity index is 0.00000112. The summed E-state index contributed by atoms with van der Waals surface area (Å²) in [6, 6.07) is 21.4. The molecule has 0 radical (unpaired) electrons. The zero-order valence-corrected chi connectivity index (χ0v) is 14.6. The van der Waals surface area contributed by atoms with E-state index in [1.165, 1.54) is 11.1 Å². The SMILES string of the molecule is Br.Br.[Zr][CH](c1ccccc1)c1ccccc1. The van der Waals surface area contributed by atoms with E-state index in [1.54, 1.807) is 24.7 Å². The van der Waals surface area contributed by atoms with Crippen molar-refractivity contribution in [3.05, 3.63) is 71.8 Å². The Hall–Kier alpha value is 0.283. The van der Waals surface area contributed by atoms with Crippen LogP contribution in [0.2, 0.25) is 0 Å². The van der Waals surface area contributed by atoms with Gasteiger partial charge in [0.1, 0.15) is 0 Å². The molecule has 0 aliphatic carbocycles. The van der Waals surface area contributed by atoms with Crippen LogP contribution in [-0.4, -0.2) is 0 Å². The average molecular weight is 420 g/mol. The molecule has 0 aliphatic heterocycles. The van der Waals surface area contributed by atoms with E-state index in [-0.39, 0.29) is 34.0 Å².